The molecule has 4 heteroatoms. The molecule has 3 nitrogen and oxygen atoms in total. The van der Waals surface area contributed by atoms with E-state index >= 15 is 0 Å². The van der Waals surface area contributed by atoms with Gasteiger partial charge in [-0.05, 0) is 60.6 Å². The molecule has 0 heterocycles. The van der Waals surface area contributed by atoms with E-state index in [4.69, 9.17) is 0 Å². The van der Waals surface area contributed by atoms with Crippen LogP contribution >= 0.6 is 22.6 Å². The van der Waals surface area contributed by atoms with Crippen LogP contribution in [0, 0.1) is 3.57 Å². The van der Waals surface area contributed by atoms with Gasteiger partial charge >= 0.3 is 0 Å². The van der Waals surface area contributed by atoms with Crippen molar-refractivity contribution in [3.63, 3.8) is 0 Å². The molecule has 0 radical (unpaired) electrons. The topological polar surface area (TPSA) is 32.3 Å². The molecule has 0 bridgehead atoms. The molecule has 1 aromatic carbocycles. The number of likely N-dealkylation sites (N-methyl/N-ethyl adjacent to an activating group) is 1. The molecule has 17 heavy (non-hydrogen) atoms. The van der Waals surface area contributed by atoms with Gasteiger partial charge in [0.25, 0.3) is 0 Å². The Morgan fingerprint density at radius 2 is 2.29 bits per heavy atom. The van der Waals surface area contributed by atoms with Gasteiger partial charge in [-0.1, -0.05) is 6.07 Å². The van der Waals surface area contributed by atoms with Gasteiger partial charge < -0.3 is 10.2 Å². The normalized spacial score (nSPS) is 14.5. The standard InChI is InChI=1S/C13H17IN2O/c1-2-16(12-6-7-12)13(17)9-15-11-5-3-4-10(14)8-11/h3-5,8,12,15H,2,6-7,9H2,1H3. The number of halogens is 1. The number of nitrogens with zero attached hydrogens (tertiary/aromatic N) is 1. The van der Waals surface area contributed by atoms with Crippen molar-refractivity contribution in [2.24, 2.45) is 0 Å². The average molecular weight is 344 g/mol. The van der Waals surface area contributed by atoms with Crippen LogP contribution in [0.5, 0.6) is 0 Å². The van der Waals surface area contributed by atoms with E-state index in [1.807, 2.05) is 36.1 Å². The highest BCUT2D eigenvalue weighted by Crippen LogP contribution is 2.26. The molecule has 1 aliphatic carbocycles. The third-order valence-electron chi connectivity index (χ3n) is 2.92. The van der Waals surface area contributed by atoms with Crippen LogP contribution in [0.25, 0.3) is 0 Å². The highest BCUT2D eigenvalue weighted by atomic mass is 127. The first-order valence-electron chi connectivity index (χ1n) is 5.99. The Hall–Kier alpha value is -0.780. The predicted molar refractivity (Wildman–Crippen MR) is 78.1 cm³/mol. The molecule has 0 saturated heterocycles. The number of rotatable bonds is 5. The Labute approximate surface area is 116 Å². The number of anilines is 1. The van der Waals surface area contributed by atoms with Crippen LogP contribution in [0.4, 0.5) is 5.69 Å². The smallest absolute Gasteiger partial charge is 0.242 e. The lowest BCUT2D eigenvalue weighted by Gasteiger charge is -2.20. The van der Waals surface area contributed by atoms with Crippen LogP contribution in [-0.4, -0.2) is 29.9 Å². The number of benzene rings is 1. The van der Waals surface area contributed by atoms with Crippen LogP contribution in [0.3, 0.4) is 0 Å². The highest BCUT2D eigenvalue weighted by Gasteiger charge is 2.30. The van der Waals surface area contributed by atoms with Crippen molar-refractivity contribution >= 4 is 34.2 Å². The zero-order valence-corrected chi connectivity index (χ0v) is 12.1. The van der Waals surface area contributed by atoms with Crippen molar-refractivity contribution in [1.29, 1.82) is 0 Å². The lowest BCUT2D eigenvalue weighted by Crippen LogP contribution is -2.37. The molecular formula is C13H17IN2O. The van der Waals surface area contributed by atoms with Crippen molar-refractivity contribution in [2.45, 2.75) is 25.8 Å². The van der Waals surface area contributed by atoms with E-state index in [-0.39, 0.29) is 5.91 Å². The van der Waals surface area contributed by atoms with Gasteiger partial charge in [0, 0.05) is 21.8 Å². The minimum Gasteiger partial charge on any atom is -0.376 e. The summed E-state index contributed by atoms with van der Waals surface area (Å²) in [5.74, 6) is 0.203. The maximum Gasteiger partial charge on any atom is 0.242 e. The van der Waals surface area contributed by atoms with Crippen LogP contribution in [0.15, 0.2) is 24.3 Å². The number of amides is 1. The van der Waals surface area contributed by atoms with Gasteiger partial charge in [0.15, 0.2) is 0 Å². The van der Waals surface area contributed by atoms with E-state index in [1.165, 1.54) is 16.4 Å². The molecule has 0 atom stereocenters. The van der Waals surface area contributed by atoms with Gasteiger partial charge in [0.1, 0.15) is 0 Å². The molecule has 1 aliphatic rings. The molecule has 2 rings (SSSR count). The fraction of sp³-hybridized carbons (Fsp3) is 0.462. The van der Waals surface area contributed by atoms with Gasteiger partial charge in [-0.2, -0.15) is 0 Å². The molecule has 1 amide bonds. The maximum absolute atomic E-state index is 12.0. The van der Waals surface area contributed by atoms with Gasteiger partial charge in [-0.25, -0.2) is 0 Å². The summed E-state index contributed by atoms with van der Waals surface area (Å²) < 4.78 is 1.18. The van der Waals surface area contributed by atoms with Crippen molar-refractivity contribution in [3.8, 4) is 0 Å². The molecule has 92 valence electrons. The summed E-state index contributed by atoms with van der Waals surface area (Å²) in [6.45, 7) is 3.25. The largest absolute Gasteiger partial charge is 0.376 e. The third-order valence-corrected chi connectivity index (χ3v) is 3.59. The average Bonchev–Trinajstić information content (AvgIpc) is 3.12. The first-order valence-corrected chi connectivity index (χ1v) is 7.07. The van der Waals surface area contributed by atoms with Crippen LogP contribution in [0.1, 0.15) is 19.8 Å². The fourth-order valence-electron chi connectivity index (χ4n) is 1.90. The van der Waals surface area contributed by atoms with E-state index < -0.39 is 0 Å². The molecule has 1 fully saturated rings. The summed E-state index contributed by atoms with van der Waals surface area (Å²) in [5, 5.41) is 3.19. The third kappa shape index (κ3) is 3.59. The van der Waals surface area contributed by atoms with E-state index in [0.29, 0.717) is 12.6 Å². The van der Waals surface area contributed by atoms with Gasteiger partial charge in [-0.3, -0.25) is 4.79 Å². The van der Waals surface area contributed by atoms with Crippen molar-refractivity contribution in [2.75, 3.05) is 18.4 Å². The summed E-state index contributed by atoms with van der Waals surface area (Å²) in [4.78, 5) is 13.9. The molecule has 0 aromatic heterocycles. The van der Waals surface area contributed by atoms with E-state index in [0.717, 1.165) is 12.2 Å². The van der Waals surface area contributed by atoms with Gasteiger partial charge in [0.2, 0.25) is 5.91 Å². The predicted octanol–water partition coefficient (Wildman–Crippen LogP) is 2.71. The number of hydrogen-bond donors (Lipinski definition) is 1. The number of hydrogen-bond acceptors (Lipinski definition) is 2. The van der Waals surface area contributed by atoms with Crippen LogP contribution in [0.2, 0.25) is 0 Å². The first-order chi connectivity index (χ1) is 8.20. The second-order valence-electron chi connectivity index (χ2n) is 4.27. The monoisotopic (exact) mass is 344 g/mol. The minimum absolute atomic E-state index is 0.203. The molecular weight excluding hydrogens is 327 g/mol. The maximum atomic E-state index is 12.0. The first kappa shape index (κ1) is 12.7. The molecule has 1 N–H and O–H groups in total. The molecule has 0 aliphatic heterocycles. The minimum atomic E-state index is 0.203. The second kappa shape index (κ2) is 5.71. The van der Waals surface area contributed by atoms with Crippen molar-refractivity contribution in [1.82, 2.24) is 4.90 Å². The quantitative estimate of drug-likeness (QED) is 0.833. The molecule has 1 aromatic rings. The molecule has 1 saturated carbocycles. The summed E-state index contributed by atoms with van der Waals surface area (Å²) in [5.41, 5.74) is 1.01. The van der Waals surface area contributed by atoms with Crippen molar-refractivity contribution in [3.05, 3.63) is 27.8 Å². The lowest BCUT2D eigenvalue weighted by molar-refractivity contribution is -0.129. The highest BCUT2D eigenvalue weighted by molar-refractivity contribution is 14.1. The Kier molecular flexibility index (Phi) is 4.25. The molecule has 0 spiro atoms. The Morgan fingerprint density at radius 1 is 1.53 bits per heavy atom. The summed E-state index contributed by atoms with van der Waals surface area (Å²) in [7, 11) is 0. The summed E-state index contributed by atoms with van der Waals surface area (Å²) in [6, 6.07) is 8.57. The lowest BCUT2D eigenvalue weighted by atomic mass is 10.3. The summed E-state index contributed by atoms with van der Waals surface area (Å²) in [6.07, 6.45) is 2.34. The van der Waals surface area contributed by atoms with Crippen LogP contribution < -0.4 is 5.32 Å². The number of carbonyl (C=O) groups is 1. The zero-order chi connectivity index (χ0) is 12.3. The van der Waals surface area contributed by atoms with Crippen molar-refractivity contribution < 1.29 is 4.79 Å². The SMILES string of the molecule is CCN(C(=O)CNc1cccc(I)c1)C1CC1. The Morgan fingerprint density at radius 3 is 2.88 bits per heavy atom. The van der Waals surface area contributed by atoms with Gasteiger partial charge in [0.05, 0.1) is 6.54 Å². The van der Waals surface area contributed by atoms with Gasteiger partial charge in [-0.15, -0.1) is 0 Å². The number of nitrogens with one attached hydrogen (secondary N) is 1. The van der Waals surface area contributed by atoms with E-state index in [2.05, 4.69) is 27.9 Å². The van der Waals surface area contributed by atoms with E-state index in [1.54, 1.807) is 0 Å². The Balaban J connectivity index is 1.86. The Bertz CT molecular complexity index is 404. The summed E-state index contributed by atoms with van der Waals surface area (Å²) >= 11 is 2.27. The molecule has 0 unspecified atom stereocenters. The number of carbonyl (C=O) groups excluding carboxylic acids is 1. The fourth-order valence-corrected chi connectivity index (χ4v) is 2.45. The second-order valence-corrected chi connectivity index (χ2v) is 5.52. The van der Waals surface area contributed by atoms with E-state index in [9.17, 15) is 4.79 Å². The van der Waals surface area contributed by atoms with Crippen LogP contribution in [-0.2, 0) is 4.79 Å². The zero-order valence-electron chi connectivity index (χ0n) is 9.95.